The molecule has 16 heavy (non-hydrogen) atoms. The topological polar surface area (TPSA) is 29.0 Å². The molecule has 1 aromatic heterocycles. The molecule has 0 amide bonds. The molecule has 2 rings (SSSR count). The first-order valence-electron chi connectivity index (χ1n) is 5.93. The van der Waals surface area contributed by atoms with Crippen molar-refractivity contribution in [2.75, 3.05) is 17.3 Å². The third kappa shape index (κ3) is 2.64. The van der Waals surface area contributed by atoms with Crippen LogP contribution in [0.15, 0.2) is 12.3 Å². The van der Waals surface area contributed by atoms with Crippen LogP contribution in [-0.4, -0.2) is 28.7 Å². The molecule has 0 unspecified atom stereocenters. The van der Waals surface area contributed by atoms with Gasteiger partial charge in [0.2, 0.25) is 0 Å². The van der Waals surface area contributed by atoms with Crippen LogP contribution in [0, 0.1) is 6.92 Å². The molecule has 4 heteroatoms. The lowest BCUT2D eigenvalue weighted by Gasteiger charge is -2.29. The van der Waals surface area contributed by atoms with Crippen LogP contribution in [0.4, 0.5) is 5.82 Å². The fourth-order valence-corrected chi connectivity index (χ4v) is 2.56. The summed E-state index contributed by atoms with van der Waals surface area (Å²) in [6.07, 6.45) is 6.95. The molecule has 3 nitrogen and oxygen atoms in total. The van der Waals surface area contributed by atoms with Gasteiger partial charge >= 0.3 is 0 Å². The van der Waals surface area contributed by atoms with Gasteiger partial charge in [-0.2, -0.15) is 5.10 Å². The Morgan fingerprint density at radius 3 is 2.81 bits per heavy atom. The lowest BCUT2D eigenvalue weighted by molar-refractivity contribution is 0.610. The van der Waals surface area contributed by atoms with Crippen molar-refractivity contribution in [2.24, 2.45) is 0 Å². The summed E-state index contributed by atoms with van der Waals surface area (Å²) < 4.78 is 0. The molecule has 1 heterocycles. The van der Waals surface area contributed by atoms with E-state index in [1.165, 1.54) is 25.7 Å². The highest BCUT2D eigenvalue weighted by atomic mass is 35.5. The zero-order chi connectivity index (χ0) is 11.4. The first-order chi connectivity index (χ1) is 7.81. The minimum Gasteiger partial charge on any atom is -0.351 e. The summed E-state index contributed by atoms with van der Waals surface area (Å²) in [6.45, 7) is 2.91. The zero-order valence-corrected chi connectivity index (χ0v) is 10.5. The number of aryl methyl sites for hydroxylation is 1. The normalized spacial score (nSPS) is 16.6. The fourth-order valence-electron chi connectivity index (χ4n) is 2.38. The van der Waals surface area contributed by atoms with Crippen LogP contribution in [0.2, 0.25) is 0 Å². The largest absolute Gasteiger partial charge is 0.351 e. The predicted octanol–water partition coefficient (Wildman–Crippen LogP) is 2.77. The maximum Gasteiger partial charge on any atom is 0.151 e. The minimum atomic E-state index is 0.606. The van der Waals surface area contributed by atoms with E-state index in [0.29, 0.717) is 11.9 Å². The number of halogens is 1. The predicted molar refractivity (Wildman–Crippen MR) is 67.1 cm³/mol. The summed E-state index contributed by atoms with van der Waals surface area (Å²) >= 11 is 5.87. The van der Waals surface area contributed by atoms with E-state index in [1.54, 1.807) is 6.20 Å². The van der Waals surface area contributed by atoms with Crippen LogP contribution in [0.3, 0.4) is 0 Å². The van der Waals surface area contributed by atoms with Gasteiger partial charge in [-0.1, -0.05) is 12.8 Å². The average Bonchev–Trinajstić information content (AvgIpc) is 2.79. The lowest BCUT2D eigenvalue weighted by Crippen LogP contribution is -2.35. The Hall–Kier alpha value is -0.830. The molecule has 0 saturated heterocycles. The van der Waals surface area contributed by atoms with Gasteiger partial charge in [-0.15, -0.1) is 16.7 Å². The first kappa shape index (κ1) is 11.6. The standard InChI is InChI=1S/C12H18ClN3/c1-10-8-12(15-14-9-10)16(7-6-13)11-4-2-3-5-11/h8-9,11H,2-7H2,1H3. The van der Waals surface area contributed by atoms with E-state index in [2.05, 4.69) is 21.2 Å². The molecular formula is C12H18ClN3. The van der Waals surface area contributed by atoms with Gasteiger partial charge in [-0.25, -0.2) is 0 Å². The molecule has 0 atom stereocenters. The maximum absolute atomic E-state index is 5.87. The number of rotatable bonds is 4. The van der Waals surface area contributed by atoms with Crippen LogP contribution in [-0.2, 0) is 0 Å². The van der Waals surface area contributed by atoms with Crippen LogP contribution >= 0.6 is 11.6 Å². The van der Waals surface area contributed by atoms with Gasteiger partial charge in [-0.3, -0.25) is 0 Å². The maximum atomic E-state index is 5.87. The summed E-state index contributed by atoms with van der Waals surface area (Å²) in [4.78, 5) is 2.32. The SMILES string of the molecule is Cc1cnnc(N(CCCl)C2CCCC2)c1. The quantitative estimate of drug-likeness (QED) is 0.757. The smallest absolute Gasteiger partial charge is 0.151 e. The van der Waals surface area contributed by atoms with Crippen molar-refractivity contribution in [3.63, 3.8) is 0 Å². The summed E-state index contributed by atoms with van der Waals surface area (Å²) in [5.41, 5.74) is 1.16. The fraction of sp³-hybridized carbons (Fsp3) is 0.667. The van der Waals surface area contributed by atoms with Crippen LogP contribution in [0.5, 0.6) is 0 Å². The Kier molecular flexibility index (Phi) is 3.99. The second-order valence-corrected chi connectivity index (χ2v) is 4.79. The van der Waals surface area contributed by atoms with Gasteiger partial charge in [0.25, 0.3) is 0 Å². The third-order valence-corrected chi connectivity index (χ3v) is 3.33. The second-order valence-electron chi connectivity index (χ2n) is 4.41. The molecule has 88 valence electrons. The molecule has 1 aromatic rings. The third-order valence-electron chi connectivity index (χ3n) is 3.16. The van der Waals surface area contributed by atoms with E-state index in [9.17, 15) is 0 Å². The van der Waals surface area contributed by atoms with Crippen molar-refractivity contribution in [3.8, 4) is 0 Å². The molecule has 1 fully saturated rings. The van der Waals surface area contributed by atoms with E-state index in [-0.39, 0.29) is 0 Å². The van der Waals surface area contributed by atoms with Crippen molar-refractivity contribution < 1.29 is 0 Å². The highest BCUT2D eigenvalue weighted by molar-refractivity contribution is 6.18. The minimum absolute atomic E-state index is 0.606. The Balaban J connectivity index is 2.17. The molecule has 0 aromatic carbocycles. The van der Waals surface area contributed by atoms with E-state index >= 15 is 0 Å². The van der Waals surface area contributed by atoms with Gasteiger partial charge in [0, 0.05) is 18.5 Å². The monoisotopic (exact) mass is 239 g/mol. The highest BCUT2D eigenvalue weighted by Crippen LogP contribution is 2.27. The summed E-state index contributed by atoms with van der Waals surface area (Å²) in [5.74, 6) is 1.62. The molecule has 0 N–H and O–H groups in total. The van der Waals surface area contributed by atoms with E-state index in [1.807, 2.05) is 6.92 Å². The van der Waals surface area contributed by atoms with E-state index < -0.39 is 0 Å². The average molecular weight is 240 g/mol. The van der Waals surface area contributed by atoms with Gasteiger partial charge in [0.1, 0.15) is 0 Å². The molecule has 0 radical (unpaired) electrons. The Morgan fingerprint density at radius 2 is 2.19 bits per heavy atom. The van der Waals surface area contributed by atoms with Crippen molar-refractivity contribution in [1.82, 2.24) is 10.2 Å². The van der Waals surface area contributed by atoms with Crippen molar-refractivity contribution in [3.05, 3.63) is 17.8 Å². The summed E-state index contributed by atoms with van der Waals surface area (Å²) in [7, 11) is 0. The number of nitrogens with zero attached hydrogens (tertiary/aromatic N) is 3. The Bertz CT molecular complexity index is 337. The number of anilines is 1. The molecule has 1 aliphatic rings. The van der Waals surface area contributed by atoms with Crippen LogP contribution in [0.1, 0.15) is 31.2 Å². The molecule has 1 aliphatic carbocycles. The van der Waals surface area contributed by atoms with Crippen molar-refractivity contribution in [2.45, 2.75) is 38.6 Å². The van der Waals surface area contributed by atoms with E-state index in [4.69, 9.17) is 11.6 Å². The molecule has 0 aliphatic heterocycles. The van der Waals surface area contributed by atoms with Crippen LogP contribution < -0.4 is 4.90 Å². The summed E-state index contributed by atoms with van der Waals surface area (Å²) in [5, 5.41) is 8.24. The number of alkyl halides is 1. The van der Waals surface area contributed by atoms with Gasteiger partial charge in [0.05, 0.1) is 6.20 Å². The molecule has 0 spiro atoms. The summed E-state index contributed by atoms with van der Waals surface area (Å²) in [6, 6.07) is 2.70. The molecule has 0 bridgehead atoms. The van der Waals surface area contributed by atoms with Gasteiger partial charge < -0.3 is 4.90 Å². The van der Waals surface area contributed by atoms with Crippen LogP contribution in [0.25, 0.3) is 0 Å². The molecular weight excluding hydrogens is 222 g/mol. The molecule has 1 saturated carbocycles. The highest BCUT2D eigenvalue weighted by Gasteiger charge is 2.23. The first-order valence-corrected chi connectivity index (χ1v) is 6.46. The van der Waals surface area contributed by atoms with Gasteiger partial charge in [-0.05, 0) is 31.4 Å². The number of aromatic nitrogens is 2. The number of hydrogen-bond acceptors (Lipinski definition) is 3. The number of hydrogen-bond donors (Lipinski definition) is 0. The second kappa shape index (κ2) is 5.48. The van der Waals surface area contributed by atoms with Crippen molar-refractivity contribution >= 4 is 17.4 Å². The zero-order valence-electron chi connectivity index (χ0n) is 9.69. The Morgan fingerprint density at radius 1 is 1.44 bits per heavy atom. The lowest BCUT2D eigenvalue weighted by atomic mass is 10.2. The van der Waals surface area contributed by atoms with Gasteiger partial charge in [0.15, 0.2) is 5.82 Å². The Labute approximate surface area is 102 Å². The van der Waals surface area contributed by atoms with Crippen molar-refractivity contribution in [1.29, 1.82) is 0 Å². The van der Waals surface area contributed by atoms with E-state index in [0.717, 1.165) is 17.9 Å².